The SMILES string of the molecule is CS(=O)(=O)N(c1ccc(-c2ccncc2)cc1)C(CCn1nnc2ccccc2c1=O)C(=O)O. The van der Waals surface area contributed by atoms with Crippen molar-refractivity contribution in [3.63, 3.8) is 0 Å². The van der Waals surface area contributed by atoms with Crippen LogP contribution in [0.4, 0.5) is 5.69 Å². The number of aromatic nitrogens is 4. The van der Waals surface area contributed by atoms with Gasteiger partial charge in [0.2, 0.25) is 10.0 Å². The standard InChI is InChI=1S/C23H21N5O5S/c1-34(32,33)28(18-8-6-16(7-9-18)17-10-13-24-14-11-17)21(23(30)31)12-15-27-22(29)19-4-2-3-5-20(19)25-26-27/h2-11,13-14,21H,12,15H2,1H3,(H,30,31). The first-order valence-corrected chi connectivity index (χ1v) is 12.2. The van der Waals surface area contributed by atoms with E-state index in [2.05, 4.69) is 15.3 Å². The van der Waals surface area contributed by atoms with Crippen molar-refractivity contribution >= 4 is 32.6 Å². The first-order valence-electron chi connectivity index (χ1n) is 10.3. The maximum atomic E-state index is 12.7. The number of sulfonamides is 1. The van der Waals surface area contributed by atoms with Gasteiger partial charge in [-0.25, -0.2) is 17.9 Å². The molecule has 4 rings (SSSR count). The molecule has 0 fully saturated rings. The van der Waals surface area contributed by atoms with Crippen LogP contribution in [0.1, 0.15) is 6.42 Å². The summed E-state index contributed by atoms with van der Waals surface area (Å²) in [7, 11) is -3.97. The molecule has 0 amide bonds. The molecule has 0 bridgehead atoms. The highest BCUT2D eigenvalue weighted by atomic mass is 32.2. The number of hydrogen-bond acceptors (Lipinski definition) is 7. The largest absolute Gasteiger partial charge is 0.480 e. The van der Waals surface area contributed by atoms with Gasteiger partial charge in [0.05, 0.1) is 17.3 Å². The van der Waals surface area contributed by atoms with Gasteiger partial charge in [0.1, 0.15) is 11.6 Å². The third-order valence-corrected chi connectivity index (χ3v) is 6.48. The summed E-state index contributed by atoms with van der Waals surface area (Å²) in [6.07, 6.45) is 4.04. The normalized spacial score (nSPS) is 12.4. The molecule has 0 saturated heterocycles. The molecule has 2 aromatic carbocycles. The molecule has 10 nitrogen and oxygen atoms in total. The Balaban J connectivity index is 1.64. The maximum Gasteiger partial charge on any atom is 0.327 e. The molecule has 1 unspecified atom stereocenters. The average molecular weight is 480 g/mol. The third-order valence-electron chi connectivity index (χ3n) is 5.30. The monoisotopic (exact) mass is 479 g/mol. The van der Waals surface area contributed by atoms with Gasteiger partial charge in [0, 0.05) is 18.9 Å². The van der Waals surface area contributed by atoms with Crippen LogP contribution in [0.15, 0.2) is 77.9 Å². The molecule has 0 aliphatic rings. The molecule has 11 heteroatoms. The number of aryl methyl sites for hydroxylation is 1. The highest BCUT2D eigenvalue weighted by Crippen LogP contribution is 2.27. The van der Waals surface area contributed by atoms with Crippen molar-refractivity contribution in [1.29, 1.82) is 0 Å². The lowest BCUT2D eigenvalue weighted by Gasteiger charge is -2.29. The van der Waals surface area contributed by atoms with E-state index in [4.69, 9.17) is 0 Å². The first kappa shape index (κ1) is 23.1. The zero-order valence-electron chi connectivity index (χ0n) is 18.1. The minimum absolute atomic E-state index is 0.130. The number of fused-ring (bicyclic) bond motifs is 1. The Kier molecular flexibility index (Phi) is 6.37. The van der Waals surface area contributed by atoms with Crippen LogP contribution in [0.2, 0.25) is 0 Å². The van der Waals surface area contributed by atoms with Crippen molar-refractivity contribution in [3.8, 4) is 11.1 Å². The van der Waals surface area contributed by atoms with Gasteiger partial charge in [-0.05, 0) is 53.9 Å². The van der Waals surface area contributed by atoms with Crippen LogP contribution in [0.25, 0.3) is 22.0 Å². The predicted octanol–water partition coefficient (Wildman–Crippen LogP) is 2.16. The Morgan fingerprint density at radius 1 is 1.03 bits per heavy atom. The lowest BCUT2D eigenvalue weighted by molar-refractivity contribution is -0.138. The summed E-state index contributed by atoms with van der Waals surface area (Å²) in [4.78, 5) is 28.8. The van der Waals surface area contributed by atoms with E-state index >= 15 is 0 Å². The fraction of sp³-hybridized carbons (Fsp3) is 0.174. The van der Waals surface area contributed by atoms with Crippen LogP contribution in [0.3, 0.4) is 0 Å². The van der Waals surface area contributed by atoms with Gasteiger partial charge >= 0.3 is 5.97 Å². The van der Waals surface area contributed by atoms with E-state index < -0.39 is 27.6 Å². The Morgan fingerprint density at radius 2 is 1.68 bits per heavy atom. The summed E-state index contributed by atoms with van der Waals surface area (Å²) in [5, 5.41) is 18.1. The Morgan fingerprint density at radius 3 is 2.32 bits per heavy atom. The molecule has 1 N–H and O–H groups in total. The maximum absolute atomic E-state index is 12.7. The molecular weight excluding hydrogens is 458 g/mol. The molecule has 0 aliphatic carbocycles. The number of aliphatic carboxylic acids is 1. The number of nitrogens with zero attached hydrogens (tertiary/aromatic N) is 5. The van der Waals surface area contributed by atoms with Gasteiger partial charge in [-0.3, -0.25) is 14.1 Å². The number of rotatable bonds is 8. The van der Waals surface area contributed by atoms with Crippen molar-refractivity contribution in [2.45, 2.75) is 19.0 Å². The van der Waals surface area contributed by atoms with E-state index in [1.807, 2.05) is 12.1 Å². The van der Waals surface area contributed by atoms with Crippen molar-refractivity contribution in [2.75, 3.05) is 10.6 Å². The lowest BCUT2D eigenvalue weighted by atomic mass is 10.1. The van der Waals surface area contributed by atoms with Gasteiger partial charge < -0.3 is 5.11 Å². The summed E-state index contributed by atoms with van der Waals surface area (Å²) in [6.45, 7) is -0.130. The minimum Gasteiger partial charge on any atom is -0.480 e. The Hall–Kier alpha value is -4.12. The smallest absolute Gasteiger partial charge is 0.327 e. The highest BCUT2D eigenvalue weighted by molar-refractivity contribution is 7.92. The third kappa shape index (κ3) is 4.79. The number of anilines is 1. The average Bonchev–Trinajstić information content (AvgIpc) is 2.83. The molecule has 2 aromatic heterocycles. The predicted molar refractivity (Wildman–Crippen MR) is 127 cm³/mol. The molecule has 0 aliphatic heterocycles. The minimum atomic E-state index is -3.97. The molecule has 4 aromatic rings. The van der Waals surface area contributed by atoms with E-state index in [0.717, 1.165) is 26.4 Å². The Labute approximate surface area is 195 Å². The van der Waals surface area contributed by atoms with Crippen LogP contribution in [-0.2, 0) is 21.4 Å². The van der Waals surface area contributed by atoms with Crippen LogP contribution in [0, 0.1) is 0 Å². The van der Waals surface area contributed by atoms with E-state index in [1.54, 1.807) is 60.9 Å². The lowest BCUT2D eigenvalue weighted by Crippen LogP contribution is -2.46. The van der Waals surface area contributed by atoms with Crippen molar-refractivity contribution in [3.05, 3.63) is 83.4 Å². The fourth-order valence-corrected chi connectivity index (χ4v) is 4.87. The number of carboxylic acids is 1. The van der Waals surface area contributed by atoms with Gasteiger partial charge in [-0.2, -0.15) is 0 Å². The topological polar surface area (TPSA) is 135 Å². The number of hydrogen-bond donors (Lipinski definition) is 1. The second-order valence-corrected chi connectivity index (χ2v) is 9.48. The summed E-state index contributed by atoms with van der Waals surface area (Å²) in [5.41, 5.74) is 1.90. The molecule has 174 valence electrons. The summed E-state index contributed by atoms with van der Waals surface area (Å²) in [6, 6.07) is 15.4. The van der Waals surface area contributed by atoms with Crippen LogP contribution < -0.4 is 9.86 Å². The number of carboxylic acid groups (broad SMARTS) is 1. The zero-order chi connectivity index (χ0) is 24.3. The van der Waals surface area contributed by atoms with Gasteiger partial charge in [-0.1, -0.05) is 29.5 Å². The van der Waals surface area contributed by atoms with Crippen molar-refractivity contribution < 1.29 is 18.3 Å². The molecular formula is C23H21N5O5S. The number of pyridine rings is 1. The summed E-state index contributed by atoms with van der Waals surface area (Å²) >= 11 is 0. The van der Waals surface area contributed by atoms with Crippen LogP contribution in [-0.4, -0.2) is 51.8 Å². The second kappa shape index (κ2) is 9.40. The molecule has 2 heterocycles. The van der Waals surface area contributed by atoms with Crippen LogP contribution >= 0.6 is 0 Å². The molecule has 1 atom stereocenters. The van der Waals surface area contributed by atoms with Gasteiger partial charge in [0.15, 0.2) is 0 Å². The molecule has 0 radical (unpaired) electrons. The second-order valence-electron chi connectivity index (χ2n) is 7.62. The van der Waals surface area contributed by atoms with Gasteiger partial charge in [0.25, 0.3) is 5.56 Å². The highest BCUT2D eigenvalue weighted by Gasteiger charge is 2.32. The van der Waals surface area contributed by atoms with E-state index in [9.17, 15) is 23.1 Å². The van der Waals surface area contributed by atoms with E-state index in [0.29, 0.717) is 10.9 Å². The number of carbonyl (C=O) groups is 1. The summed E-state index contributed by atoms with van der Waals surface area (Å²) in [5.74, 6) is -1.34. The number of benzene rings is 2. The van der Waals surface area contributed by atoms with E-state index in [1.165, 1.54) is 0 Å². The molecule has 0 spiro atoms. The fourth-order valence-electron chi connectivity index (χ4n) is 3.70. The van der Waals surface area contributed by atoms with Crippen LogP contribution in [0.5, 0.6) is 0 Å². The summed E-state index contributed by atoms with van der Waals surface area (Å²) < 4.78 is 27.2. The zero-order valence-corrected chi connectivity index (χ0v) is 19.0. The Bertz CT molecular complexity index is 1490. The molecule has 0 saturated carbocycles. The molecule has 34 heavy (non-hydrogen) atoms. The quantitative estimate of drug-likeness (QED) is 0.406. The van der Waals surface area contributed by atoms with Crippen molar-refractivity contribution in [2.24, 2.45) is 0 Å². The van der Waals surface area contributed by atoms with Crippen molar-refractivity contribution in [1.82, 2.24) is 20.0 Å². The van der Waals surface area contributed by atoms with E-state index in [-0.39, 0.29) is 18.7 Å². The van der Waals surface area contributed by atoms with Gasteiger partial charge in [-0.15, -0.1) is 5.10 Å². The first-order chi connectivity index (χ1) is 16.3.